The molecule has 88 valence electrons. The summed E-state index contributed by atoms with van der Waals surface area (Å²) in [6, 6.07) is 1.47. The molecule has 2 rings (SSSR count). The van der Waals surface area contributed by atoms with Crippen LogP contribution in [0.15, 0.2) is 10.5 Å². The number of phenols is 1. The van der Waals surface area contributed by atoms with Crippen LogP contribution in [-0.4, -0.2) is 16.8 Å². The predicted octanol–water partition coefficient (Wildman–Crippen LogP) is 2.03. The Balaban J connectivity index is 2.59. The molecule has 1 atom stereocenters. The van der Waals surface area contributed by atoms with Gasteiger partial charge in [0.05, 0.1) is 17.1 Å². The second kappa shape index (κ2) is 4.73. The summed E-state index contributed by atoms with van der Waals surface area (Å²) in [6.45, 7) is -0.142. The molecule has 3 nitrogen and oxygen atoms in total. The maximum absolute atomic E-state index is 10.0. The van der Waals surface area contributed by atoms with E-state index in [9.17, 15) is 5.11 Å². The Morgan fingerprint density at radius 3 is 2.75 bits per heavy atom. The van der Waals surface area contributed by atoms with Crippen LogP contribution < -0.4 is 5.73 Å². The maximum Gasteiger partial charge on any atom is 0.134 e. The van der Waals surface area contributed by atoms with Crippen molar-refractivity contribution in [3.8, 4) is 5.75 Å². The van der Waals surface area contributed by atoms with Gasteiger partial charge in [-0.1, -0.05) is 0 Å². The van der Waals surface area contributed by atoms with Crippen molar-refractivity contribution in [2.45, 2.75) is 31.7 Å². The quantitative estimate of drug-likeness (QED) is 0.779. The van der Waals surface area contributed by atoms with Crippen molar-refractivity contribution in [3.63, 3.8) is 0 Å². The zero-order chi connectivity index (χ0) is 11.7. The summed E-state index contributed by atoms with van der Waals surface area (Å²) in [4.78, 5) is 0. The van der Waals surface area contributed by atoms with Gasteiger partial charge in [-0.25, -0.2) is 0 Å². The third-order valence-corrected chi connectivity index (χ3v) is 3.79. The molecule has 1 aromatic rings. The SMILES string of the molecule is NC(CO)c1c(O)c(Br)cc2c1CCCC2. The molecule has 1 aliphatic carbocycles. The van der Waals surface area contributed by atoms with E-state index < -0.39 is 6.04 Å². The molecule has 0 amide bonds. The zero-order valence-corrected chi connectivity index (χ0v) is 10.6. The van der Waals surface area contributed by atoms with E-state index in [-0.39, 0.29) is 12.4 Å². The number of halogens is 1. The Kier molecular flexibility index (Phi) is 3.52. The van der Waals surface area contributed by atoms with E-state index in [1.54, 1.807) is 0 Å². The highest BCUT2D eigenvalue weighted by Gasteiger charge is 2.22. The number of fused-ring (bicyclic) bond motifs is 1. The van der Waals surface area contributed by atoms with Crippen molar-refractivity contribution in [1.29, 1.82) is 0 Å². The normalized spacial score (nSPS) is 16.9. The number of aryl methyl sites for hydroxylation is 1. The summed E-state index contributed by atoms with van der Waals surface area (Å²) >= 11 is 3.34. The third kappa shape index (κ3) is 1.97. The van der Waals surface area contributed by atoms with Crippen molar-refractivity contribution in [3.05, 3.63) is 27.2 Å². The summed E-state index contributed by atoms with van der Waals surface area (Å²) in [5.74, 6) is 0.183. The number of hydrogen-bond acceptors (Lipinski definition) is 3. The summed E-state index contributed by atoms with van der Waals surface area (Å²) in [5, 5.41) is 19.2. The van der Waals surface area contributed by atoms with Crippen LogP contribution in [0.4, 0.5) is 0 Å². The van der Waals surface area contributed by atoms with E-state index in [4.69, 9.17) is 10.8 Å². The fourth-order valence-electron chi connectivity index (χ4n) is 2.38. The highest BCUT2D eigenvalue weighted by molar-refractivity contribution is 9.10. The van der Waals surface area contributed by atoms with Gasteiger partial charge in [0.25, 0.3) is 0 Å². The second-order valence-electron chi connectivity index (χ2n) is 4.25. The van der Waals surface area contributed by atoms with E-state index in [2.05, 4.69) is 15.9 Å². The molecule has 0 fully saturated rings. The van der Waals surface area contributed by atoms with Crippen LogP contribution in [0.2, 0.25) is 0 Å². The molecule has 0 aromatic heterocycles. The topological polar surface area (TPSA) is 66.5 Å². The largest absolute Gasteiger partial charge is 0.506 e. The summed E-state index contributed by atoms with van der Waals surface area (Å²) in [6.07, 6.45) is 4.27. The molecule has 0 aliphatic heterocycles. The van der Waals surface area contributed by atoms with Gasteiger partial charge < -0.3 is 15.9 Å². The minimum Gasteiger partial charge on any atom is -0.506 e. The van der Waals surface area contributed by atoms with Crippen molar-refractivity contribution in [2.24, 2.45) is 5.73 Å². The van der Waals surface area contributed by atoms with E-state index in [0.29, 0.717) is 10.0 Å². The van der Waals surface area contributed by atoms with Gasteiger partial charge in [0, 0.05) is 5.56 Å². The van der Waals surface area contributed by atoms with Crippen LogP contribution in [0.1, 0.15) is 35.6 Å². The molecule has 1 unspecified atom stereocenters. The number of aromatic hydroxyl groups is 1. The van der Waals surface area contributed by atoms with Crippen molar-refractivity contribution in [1.82, 2.24) is 0 Å². The summed E-state index contributed by atoms with van der Waals surface area (Å²) in [5.41, 5.74) is 8.95. The fourth-order valence-corrected chi connectivity index (χ4v) is 2.87. The van der Waals surface area contributed by atoms with Gasteiger partial charge >= 0.3 is 0 Å². The number of aliphatic hydroxyl groups excluding tert-OH is 1. The molecule has 0 spiro atoms. The summed E-state index contributed by atoms with van der Waals surface area (Å²) < 4.78 is 0.673. The Bertz CT molecular complexity index is 406. The molecule has 4 N–H and O–H groups in total. The number of benzene rings is 1. The van der Waals surface area contributed by atoms with Gasteiger partial charge in [-0.2, -0.15) is 0 Å². The van der Waals surface area contributed by atoms with Gasteiger partial charge in [0.15, 0.2) is 0 Å². The van der Waals surface area contributed by atoms with Crippen molar-refractivity contribution < 1.29 is 10.2 Å². The average Bonchev–Trinajstić information content (AvgIpc) is 2.30. The van der Waals surface area contributed by atoms with E-state index >= 15 is 0 Å². The Morgan fingerprint density at radius 1 is 1.38 bits per heavy atom. The highest BCUT2D eigenvalue weighted by Crippen LogP contribution is 2.39. The lowest BCUT2D eigenvalue weighted by Gasteiger charge is -2.24. The van der Waals surface area contributed by atoms with Crippen molar-refractivity contribution in [2.75, 3.05) is 6.61 Å². The molecular formula is C12H16BrNO2. The van der Waals surface area contributed by atoms with Gasteiger partial charge in [-0.3, -0.25) is 0 Å². The van der Waals surface area contributed by atoms with Crippen LogP contribution >= 0.6 is 15.9 Å². The third-order valence-electron chi connectivity index (χ3n) is 3.19. The van der Waals surface area contributed by atoms with Crippen LogP contribution in [0.5, 0.6) is 5.75 Å². The number of phenolic OH excluding ortho intramolecular Hbond substituents is 1. The van der Waals surface area contributed by atoms with Crippen molar-refractivity contribution >= 4 is 15.9 Å². The number of hydrogen-bond donors (Lipinski definition) is 3. The molecule has 0 saturated carbocycles. The standard InChI is InChI=1S/C12H16BrNO2/c13-9-5-7-3-1-2-4-8(7)11(12(9)16)10(14)6-15/h5,10,15-16H,1-4,6,14H2. The minimum atomic E-state index is -0.496. The lowest BCUT2D eigenvalue weighted by atomic mass is 9.85. The lowest BCUT2D eigenvalue weighted by Crippen LogP contribution is -2.19. The molecule has 16 heavy (non-hydrogen) atoms. The van der Waals surface area contributed by atoms with Gasteiger partial charge in [-0.05, 0) is 58.8 Å². The Labute approximate surface area is 103 Å². The molecule has 4 heteroatoms. The Hall–Kier alpha value is -0.580. The molecule has 0 bridgehead atoms. The van der Waals surface area contributed by atoms with Crippen LogP contribution in [0.3, 0.4) is 0 Å². The molecule has 1 aromatic carbocycles. The highest BCUT2D eigenvalue weighted by atomic mass is 79.9. The predicted molar refractivity (Wildman–Crippen MR) is 66.5 cm³/mol. The van der Waals surface area contributed by atoms with Crippen LogP contribution in [0, 0.1) is 0 Å². The van der Waals surface area contributed by atoms with E-state index in [0.717, 1.165) is 24.8 Å². The van der Waals surface area contributed by atoms with E-state index in [1.807, 2.05) is 6.07 Å². The first kappa shape index (κ1) is 11.9. The first-order chi connectivity index (χ1) is 7.65. The number of rotatable bonds is 2. The molecule has 0 radical (unpaired) electrons. The smallest absolute Gasteiger partial charge is 0.134 e. The second-order valence-corrected chi connectivity index (χ2v) is 5.11. The van der Waals surface area contributed by atoms with Crippen LogP contribution in [-0.2, 0) is 12.8 Å². The van der Waals surface area contributed by atoms with Crippen LogP contribution in [0.25, 0.3) is 0 Å². The van der Waals surface area contributed by atoms with Gasteiger partial charge in [-0.15, -0.1) is 0 Å². The molecule has 1 aliphatic rings. The first-order valence-corrected chi connectivity index (χ1v) is 6.34. The molecule has 0 heterocycles. The zero-order valence-electron chi connectivity index (χ0n) is 9.04. The van der Waals surface area contributed by atoms with Gasteiger partial charge in [0.1, 0.15) is 5.75 Å². The van der Waals surface area contributed by atoms with E-state index in [1.165, 1.54) is 12.0 Å². The molecular weight excluding hydrogens is 270 g/mol. The number of aliphatic hydroxyl groups is 1. The maximum atomic E-state index is 10.0. The number of nitrogens with two attached hydrogens (primary N) is 1. The lowest BCUT2D eigenvalue weighted by molar-refractivity contribution is 0.264. The average molecular weight is 286 g/mol. The fraction of sp³-hybridized carbons (Fsp3) is 0.500. The monoisotopic (exact) mass is 285 g/mol. The summed E-state index contributed by atoms with van der Waals surface area (Å²) in [7, 11) is 0. The first-order valence-electron chi connectivity index (χ1n) is 5.54. The van der Waals surface area contributed by atoms with Gasteiger partial charge in [0.2, 0.25) is 0 Å². The molecule has 0 saturated heterocycles. The minimum absolute atomic E-state index is 0.142. The Morgan fingerprint density at radius 2 is 2.06 bits per heavy atom.